The van der Waals surface area contributed by atoms with Gasteiger partial charge in [-0.3, -0.25) is 4.79 Å². The number of H-pyrrole nitrogens is 1. The molecule has 2 aromatic rings. The van der Waals surface area contributed by atoms with Crippen molar-refractivity contribution >= 4 is 5.91 Å². The smallest absolute Gasteiger partial charge is 0.251 e. The molecule has 0 saturated heterocycles. The van der Waals surface area contributed by atoms with Crippen molar-refractivity contribution in [2.24, 2.45) is 0 Å². The van der Waals surface area contributed by atoms with Crippen molar-refractivity contribution in [3.63, 3.8) is 0 Å². The SMILES string of the molecule is COc1ccc(C(=O)NCc2ncc[nH]2)cc1O. The number of aromatic amines is 1. The lowest BCUT2D eigenvalue weighted by Gasteiger charge is -2.06. The van der Waals surface area contributed by atoms with Crippen LogP contribution < -0.4 is 10.1 Å². The third kappa shape index (κ3) is 2.60. The summed E-state index contributed by atoms with van der Waals surface area (Å²) in [5.41, 5.74) is 0.361. The fourth-order valence-corrected chi connectivity index (χ4v) is 1.49. The Morgan fingerprint density at radius 3 is 3.00 bits per heavy atom. The van der Waals surface area contributed by atoms with Crippen LogP contribution in [0.5, 0.6) is 11.5 Å². The minimum Gasteiger partial charge on any atom is -0.504 e. The Labute approximate surface area is 104 Å². The predicted octanol–water partition coefficient (Wildman–Crippen LogP) is 1.05. The van der Waals surface area contributed by atoms with Gasteiger partial charge in [0, 0.05) is 18.0 Å². The van der Waals surface area contributed by atoms with Gasteiger partial charge in [0.2, 0.25) is 0 Å². The lowest BCUT2D eigenvalue weighted by molar-refractivity contribution is 0.0949. The molecule has 3 N–H and O–H groups in total. The number of phenols is 1. The number of ether oxygens (including phenoxy) is 1. The lowest BCUT2D eigenvalue weighted by atomic mass is 10.2. The van der Waals surface area contributed by atoms with E-state index in [9.17, 15) is 9.90 Å². The topological polar surface area (TPSA) is 87.2 Å². The number of carbonyl (C=O) groups is 1. The van der Waals surface area contributed by atoms with Crippen molar-refractivity contribution in [3.8, 4) is 11.5 Å². The minimum absolute atomic E-state index is 0.0665. The van der Waals surface area contributed by atoms with Gasteiger partial charge in [-0.25, -0.2) is 4.98 Å². The first-order chi connectivity index (χ1) is 8.70. The zero-order chi connectivity index (χ0) is 13.0. The first-order valence-electron chi connectivity index (χ1n) is 5.34. The highest BCUT2D eigenvalue weighted by atomic mass is 16.5. The molecule has 1 aromatic heterocycles. The molecule has 6 heteroatoms. The van der Waals surface area contributed by atoms with Gasteiger partial charge in [0.1, 0.15) is 5.82 Å². The molecule has 0 aliphatic heterocycles. The van der Waals surface area contributed by atoms with E-state index < -0.39 is 0 Å². The molecule has 0 unspecified atom stereocenters. The molecule has 18 heavy (non-hydrogen) atoms. The van der Waals surface area contributed by atoms with Crippen molar-refractivity contribution in [2.45, 2.75) is 6.54 Å². The monoisotopic (exact) mass is 247 g/mol. The highest BCUT2D eigenvalue weighted by Gasteiger charge is 2.09. The first-order valence-corrected chi connectivity index (χ1v) is 5.34. The molecule has 0 aliphatic carbocycles. The molecule has 94 valence electrons. The van der Waals surface area contributed by atoms with Crippen molar-refractivity contribution < 1.29 is 14.6 Å². The van der Waals surface area contributed by atoms with Gasteiger partial charge in [0.05, 0.1) is 13.7 Å². The largest absolute Gasteiger partial charge is 0.504 e. The predicted molar refractivity (Wildman–Crippen MR) is 64.4 cm³/mol. The van der Waals surface area contributed by atoms with Gasteiger partial charge in [-0.15, -0.1) is 0 Å². The molecule has 1 aromatic carbocycles. The number of nitrogens with zero attached hydrogens (tertiary/aromatic N) is 1. The van der Waals surface area contributed by atoms with Crippen molar-refractivity contribution in [2.75, 3.05) is 7.11 Å². The summed E-state index contributed by atoms with van der Waals surface area (Å²) >= 11 is 0. The Hall–Kier alpha value is -2.50. The number of phenolic OH excluding ortho intramolecular Hbond substituents is 1. The average Bonchev–Trinajstić information content (AvgIpc) is 2.89. The summed E-state index contributed by atoms with van der Waals surface area (Å²) < 4.78 is 4.90. The Morgan fingerprint density at radius 1 is 1.56 bits per heavy atom. The van der Waals surface area contributed by atoms with Crippen LogP contribution in [0, 0.1) is 0 Å². The van der Waals surface area contributed by atoms with E-state index >= 15 is 0 Å². The number of hydrogen-bond acceptors (Lipinski definition) is 4. The Morgan fingerprint density at radius 2 is 2.39 bits per heavy atom. The number of amides is 1. The van der Waals surface area contributed by atoms with Gasteiger partial charge >= 0.3 is 0 Å². The molecule has 2 rings (SSSR count). The Kier molecular flexibility index (Phi) is 3.47. The van der Waals surface area contributed by atoms with Crippen LogP contribution in [0.2, 0.25) is 0 Å². The summed E-state index contributed by atoms with van der Waals surface area (Å²) in [6, 6.07) is 4.48. The molecular weight excluding hydrogens is 234 g/mol. The van der Waals surface area contributed by atoms with Gasteiger partial charge in [0.25, 0.3) is 5.91 Å². The highest BCUT2D eigenvalue weighted by molar-refractivity contribution is 5.94. The van der Waals surface area contributed by atoms with E-state index in [-0.39, 0.29) is 11.7 Å². The second kappa shape index (κ2) is 5.22. The summed E-state index contributed by atoms with van der Waals surface area (Å²) in [6.45, 7) is 0.304. The van der Waals surface area contributed by atoms with E-state index in [2.05, 4.69) is 15.3 Å². The number of imidazole rings is 1. The van der Waals surface area contributed by atoms with E-state index in [4.69, 9.17) is 4.74 Å². The molecule has 0 fully saturated rings. The van der Waals surface area contributed by atoms with Crippen molar-refractivity contribution in [1.29, 1.82) is 0 Å². The molecule has 0 spiro atoms. The number of carbonyl (C=O) groups excluding carboxylic acids is 1. The number of hydrogen-bond donors (Lipinski definition) is 3. The van der Waals surface area contributed by atoms with Gasteiger partial charge < -0.3 is 20.1 Å². The first kappa shape index (κ1) is 12.0. The van der Waals surface area contributed by atoms with Crippen molar-refractivity contribution in [3.05, 3.63) is 42.0 Å². The second-order valence-electron chi connectivity index (χ2n) is 3.61. The normalized spacial score (nSPS) is 10.1. The van der Waals surface area contributed by atoms with Gasteiger partial charge in [-0.1, -0.05) is 0 Å². The summed E-state index contributed by atoms with van der Waals surface area (Å²) in [5, 5.41) is 12.3. The Balaban J connectivity index is 2.02. The molecule has 0 bridgehead atoms. The number of rotatable bonds is 4. The maximum absolute atomic E-state index is 11.8. The van der Waals surface area contributed by atoms with Crippen molar-refractivity contribution in [1.82, 2.24) is 15.3 Å². The fraction of sp³-hybridized carbons (Fsp3) is 0.167. The summed E-state index contributed by atoms with van der Waals surface area (Å²) in [5.74, 6) is 0.645. The van der Waals surface area contributed by atoms with Crippen LogP contribution in [-0.2, 0) is 6.54 Å². The van der Waals surface area contributed by atoms with Crippen LogP contribution >= 0.6 is 0 Å². The highest BCUT2D eigenvalue weighted by Crippen LogP contribution is 2.26. The number of aromatic nitrogens is 2. The maximum Gasteiger partial charge on any atom is 0.251 e. The number of methoxy groups -OCH3 is 1. The minimum atomic E-state index is -0.288. The van der Waals surface area contributed by atoms with Crippen LogP contribution in [-0.4, -0.2) is 28.1 Å². The van der Waals surface area contributed by atoms with E-state index in [1.165, 1.54) is 19.2 Å². The third-order valence-corrected chi connectivity index (χ3v) is 2.41. The molecular formula is C12H13N3O3. The van der Waals surface area contributed by atoms with Gasteiger partial charge in [0.15, 0.2) is 11.5 Å². The van der Waals surface area contributed by atoms with Crippen LogP contribution in [0.25, 0.3) is 0 Å². The number of aromatic hydroxyl groups is 1. The van der Waals surface area contributed by atoms with E-state index in [1.54, 1.807) is 18.5 Å². The summed E-state index contributed by atoms with van der Waals surface area (Å²) in [4.78, 5) is 18.7. The number of nitrogens with one attached hydrogen (secondary N) is 2. The molecule has 0 aliphatic rings. The quantitative estimate of drug-likeness (QED) is 0.753. The lowest BCUT2D eigenvalue weighted by Crippen LogP contribution is -2.23. The molecule has 0 saturated carbocycles. The zero-order valence-electron chi connectivity index (χ0n) is 9.80. The average molecular weight is 247 g/mol. The molecule has 0 atom stereocenters. The number of benzene rings is 1. The van der Waals surface area contributed by atoms with E-state index in [0.29, 0.717) is 23.7 Å². The van der Waals surface area contributed by atoms with Crippen LogP contribution in [0.15, 0.2) is 30.6 Å². The molecule has 0 radical (unpaired) electrons. The van der Waals surface area contributed by atoms with Crippen LogP contribution in [0.3, 0.4) is 0 Å². The molecule has 1 amide bonds. The Bertz CT molecular complexity index is 538. The zero-order valence-corrected chi connectivity index (χ0v) is 9.80. The van der Waals surface area contributed by atoms with Crippen LogP contribution in [0.1, 0.15) is 16.2 Å². The third-order valence-electron chi connectivity index (χ3n) is 2.41. The second-order valence-corrected chi connectivity index (χ2v) is 3.61. The van der Waals surface area contributed by atoms with Crippen LogP contribution in [0.4, 0.5) is 0 Å². The maximum atomic E-state index is 11.8. The fourth-order valence-electron chi connectivity index (χ4n) is 1.49. The molecule has 6 nitrogen and oxygen atoms in total. The summed E-state index contributed by atoms with van der Waals surface area (Å²) in [7, 11) is 1.45. The summed E-state index contributed by atoms with van der Waals surface area (Å²) in [6.07, 6.45) is 3.29. The van der Waals surface area contributed by atoms with Gasteiger partial charge in [-0.05, 0) is 18.2 Å². The standard InChI is InChI=1S/C12H13N3O3/c1-18-10-3-2-8(6-9(10)16)12(17)15-7-11-13-4-5-14-11/h2-6,16H,7H2,1H3,(H,13,14)(H,15,17). The van der Waals surface area contributed by atoms with E-state index in [1.807, 2.05) is 0 Å². The van der Waals surface area contributed by atoms with Gasteiger partial charge in [-0.2, -0.15) is 0 Å². The molecule has 1 heterocycles. The van der Waals surface area contributed by atoms with E-state index in [0.717, 1.165) is 0 Å².